The van der Waals surface area contributed by atoms with Crippen molar-refractivity contribution in [3.8, 4) is 22.3 Å². The summed E-state index contributed by atoms with van der Waals surface area (Å²) in [6.45, 7) is 4.72. The summed E-state index contributed by atoms with van der Waals surface area (Å²) in [5.41, 5.74) is 17.2. The van der Waals surface area contributed by atoms with Gasteiger partial charge >= 0.3 is 0 Å². The van der Waals surface area contributed by atoms with E-state index in [1.54, 1.807) is 0 Å². The van der Waals surface area contributed by atoms with E-state index in [1.165, 1.54) is 66.7 Å². The van der Waals surface area contributed by atoms with E-state index in [0.717, 1.165) is 35.6 Å². The molecular formula is C59H48N2. The summed E-state index contributed by atoms with van der Waals surface area (Å²) in [6, 6.07) is 58.5. The first kappa shape index (κ1) is 36.9. The highest BCUT2D eigenvalue weighted by Crippen LogP contribution is 2.51. The fourth-order valence-electron chi connectivity index (χ4n) is 9.96. The third-order valence-corrected chi connectivity index (χ3v) is 13.2. The van der Waals surface area contributed by atoms with Gasteiger partial charge in [0.1, 0.15) is 0 Å². The molecule has 0 N–H and O–H groups in total. The van der Waals surface area contributed by atoms with Gasteiger partial charge in [0.2, 0.25) is 0 Å². The van der Waals surface area contributed by atoms with Crippen LogP contribution in [0.1, 0.15) is 43.4 Å². The van der Waals surface area contributed by atoms with Crippen LogP contribution in [-0.2, 0) is 5.41 Å². The lowest BCUT2D eigenvalue weighted by Crippen LogP contribution is -2.21. The van der Waals surface area contributed by atoms with Gasteiger partial charge in [0.25, 0.3) is 0 Å². The summed E-state index contributed by atoms with van der Waals surface area (Å²) >= 11 is 0. The zero-order chi connectivity index (χ0) is 40.9. The Hall–Kier alpha value is -7.16. The predicted molar refractivity (Wildman–Crippen MR) is 259 cm³/mol. The normalized spacial score (nSPS) is 17.9. The minimum Gasteiger partial charge on any atom is -0.310 e. The standard InChI is InChI=1S/C59H48N2/c1-59(2)56-21-11-10-20-54(56)55-38-37-52(40-57(55)59)60(48-30-23-43(24-31-48)41-13-4-3-5-14-41)49-32-25-44(26-33-49)45-27-34-50(35-28-45)61(51-36-29-42-15-6-7-17-47(42)39-51)58-22-12-18-46-16-8-9-19-53(46)58/h4,6-40,42,47H,3,5H2,1-2H3. The number of allylic oxidation sites excluding steroid dienone is 11. The van der Waals surface area contributed by atoms with Gasteiger partial charge in [-0.15, -0.1) is 0 Å². The van der Waals surface area contributed by atoms with Crippen LogP contribution in [0.5, 0.6) is 0 Å². The van der Waals surface area contributed by atoms with E-state index in [-0.39, 0.29) is 5.41 Å². The maximum atomic E-state index is 2.43. The average molecular weight is 785 g/mol. The molecule has 0 radical (unpaired) electrons. The quantitative estimate of drug-likeness (QED) is 0.151. The minimum absolute atomic E-state index is 0.0903. The molecule has 7 aromatic carbocycles. The Morgan fingerprint density at radius 1 is 0.492 bits per heavy atom. The summed E-state index contributed by atoms with van der Waals surface area (Å²) in [5.74, 6) is 0.732. The molecule has 2 heteroatoms. The maximum Gasteiger partial charge on any atom is 0.0539 e. The molecule has 7 aromatic rings. The van der Waals surface area contributed by atoms with Crippen molar-refractivity contribution in [2.45, 2.75) is 32.1 Å². The molecule has 0 bridgehead atoms. The van der Waals surface area contributed by atoms with E-state index in [9.17, 15) is 0 Å². The topological polar surface area (TPSA) is 6.48 Å². The monoisotopic (exact) mass is 784 g/mol. The molecule has 11 rings (SSSR count). The van der Waals surface area contributed by atoms with Crippen LogP contribution >= 0.6 is 0 Å². The summed E-state index contributed by atoms with van der Waals surface area (Å²) in [4.78, 5) is 4.84. The van der Waals surface area contributed by atoms with Crippen LogP contribution in [0.25, 0.3) is 38.6 Å². The first-order valence-electron chi connectivity index (χ1n) is 21.7. The van der Waals surface area contributed by atoms with Gasteiger partial charge in [-0.2, -0.15) is 0 Å². The molecule has 0 aliphatic heterocycles. The lowest BCUT2D eigenvalue weighted by molar-refractivity contribution is 0.653. The molecule has 0 amide bonds. The second-order valence-corrected chi connectivity index (χ2v) is 17.2. The molecule has 0 saturated carbocycles. The van der Waals surface area contributed by atoms with E-state index in [4.69, 9.17) is 0 Å². The van der Waals surface area contributed by atoms with Gasteiger partial charge in [-0.3, -0.25) is 0 Å². The Labute approximate surface area is 360 Å². The number of hydrogen-bond donors (Lipinski definition) is 0. The fraction of sp³-hybridized carbons (Fsp3) is 0.119. The van der Waals surface area contributed by atoms with Gasteiger partial charge in [0.15, 0.2) is 0 Å². The van der Waals surface area contributed by atoms with Crippen molar-refractivity contribution in [1.29, 1.82) is 0 Å². The number of anilines is 5. The molecule has 0 aromatic heterocycles. The zero-order valence-corrected chi connectivity index (χ0v) is 34.7. The number of rotatable bonds is 8. The third kappa shape index (κ3) is 6.60. The maximum absolute atomic E-state index is 2.43. The van der Waals surface area contributed by atoms with Crippen molar-refractivity contribution in [1.82, 2.24) is 0 Å². The molecule has 4 aliphatic rings. The van der Waals surface area contributed by atoms with E-state index < -0.39 is 0 Å². The predicted octanol–water partition coefficient (Wildman–Crippen LogP) is 16.0. The van der Waals surface area contributed by atoms with E-state index in [2.05, 4.69) is 242 Å². The molecule has 294 valence electrons. The first-order chi connectivity index (χ1) is 30.0. The second kappa shape index (κ2) is 15.1. The van der Waals surface area contributed by atoms with Gasteiger partial charge in [0, 0.05) is 51.1 Å². The van der Waals surface area contributed by atoms with Gasteiger partial charge in [0.05, 0.1) is 5.69 Å². The van der Waals surface area contributed by atoms with Crippen LogP contribution in [-0.4, -0.2) is 0 Å². The van der Waals surface area contributed by atoms with Gasteiger partial charge in [-0.05, 0) is 123 Å². The zero-order valence-electron chi connectivity index (χ0n) is 34.7. The molecule has 0 saturated heterocycles. The third-order valence-electron chi connectivity index (χ3n) is 13.2. The van der Waals surface area contributed by atoms with Gasteiger partial charge in [-0.25, -0.2) is 0 Å². The average Bonchev–Trinajstić information content (AvgIpc) is 3.55. The lowest BCUT2D eigenvalue weighted by atomic mass is 9.82. The Kier molecular flexibility index (Phi) is 9.16. The smallest absolute Gasteiger partial charge is 0.0539 e. The highest BCUT2D eigenvalue weighted by Gasteiger charge is 2.35. The molecule has 2 unspecified atom stereocenters. The van der Waals surface area contributed by atoms with Crippen molar-refractivity contribution in [3.63, 3.8) is 0 Å². The Balaban J connectivity index is 0.949. The van der Waals surface area contributed by atoms with Crippen LogP contribution in [0, 0.1) is 11.8 Å². The van der Waals surface area contributed by atoms with E-state index in [0.29, 0.717) is 11.8 Å². The summed E-state index contributed by atoms with van der Waals surface area (Å²) in [5, 5.41) is 2.47. The molecule has 2 nitrogen and oxygen atoms in total. The van der Waals surface area contributed by atoms with Crippen LogP contribution in [0.3, 0.4) is 0 Å². The number of hydrogen-bond acceptors (Lipinski definition) is 2. The number of nitrogens with zero attached hydrogens (tertiary/aromatic N) is 2. The van der Waals surface area contributed by atoms with Crippen LogP contribution < -0.4 is 9.80 Å². The van der Waals surface area contributed by atoms with Crippen LogP contribution in [0.15, 0.2) is 224 Å². The molecule has 4 aliphatic carbocycles. The van der Waals surface area contributed by atoms with Crippen molar-refractivity contribution in [2.24, 2.45) is 11.8 Å². The SMILES string of the molecule is CC1(C)c2ccccc2-c2ccc(N(c3ccc(C4=CCCC=C4)cc3)c3ccc(-c4ccc(N(C5=CC6C=CC=CC6C=C5)c5cccc6ccccc56)cc4)cc3)cc21. The fourth-order valence-corrected chi connectivity index (χ4v) is 9.96. The van der Waals surface area contributed by atoms with E-state index >= 15 is 0 Å². The summed E-state index contributed by atoms with van der Waals surface area (Å²) in [7, 11) is 0. The van der Waals surface area contributed by atoms with Crippen molar-refractivity contribution in [3.05, 3.63) is 241 Å². The second-order valence-electron chi connectivity index (χ2n) is 17.2. The lowest BCUT2D eigenvalue weighted by Gasteiger charge is -2.32. The molecule has 0 fully saturated rings. The highest BCUT2D eigenvalue weighted by atomic mass is 15.2. The summed E-state index contributed by atoms with van der Waals surface area (Å²) in [6.07, 6.45) is 25.1. The highest BCUT2D eigenvalue weighted by molar-refractivity contribution is 5.97. The van der Waals surface area contributed by atoms with Gasteiger partial charge in [-0.1, -0.05) is 172 Å². The molecule has 61 heavy (non-hydrogen) atoms. The Bertz CT molecular complexity index is 2980. The first-order valence-corrected chi connectivity index (χ1v) is 21.7. The minimum atomic E-state index is -0.0903. The Morgan fingerprint density at radius 3 is 1.85 bits per heavy atom. The van der Waals surface area contributed by atoms with Crippen LogP contribution in [0.4, 0.5) is 28.4 Å². The summed E-state index contributed by atoms with van der Waals surface area (Å²) < 4.78 is 0. The van der Waals surface area contributed by atoms with Crippen LogP contribution in [0.2, 0.25) is 0 Å². The number of fused-ring (bicyclic) bond motifs is 5. The van der Waals surface area contributed by atoms with Crippen molar-refractivity contribution >= 4 is 44.8 Å². The largest absolute Gasteiger partial charge is 0.310 e. The molecule has 0 heterocycles. The van der Waals surface area contributed by atoms with Gasteiger partial charge < -0.3 is 9.80 Å². The number of benzene rings is 7. The molecule has 2 atom stereocenters. The van der Waals surface area contributed by atoms with Crippen molar-refractivity contribution < 1.29 is 0 Å². The Morgan fingerprint density at radius 2 is 1.11 bits per heavy atom. The van der Waals surface area contributed by atoms with E-state index in [1.807, 2.05) is 0 Å². The molecule has 0 spiro atoms. The van der Waals surface area contributed by atoms with Crippen molar-refractivity contribution in [2.75, 3.05) is 9.80 Å². The molecular weight excluding hydrogens is 737 g/mol.